The third-order valence-electron chi connectivity index (χ3n) is 3.17. The Bertz CT molecular complexity index is 559. The zero-order valence-electron chi connectivity index (χ0n) is 14.1. The van der Waals surface area contributed by atoms with E-state index in [0.717, 1.165) is 5.56 Å². The van der Waals surface area contributed by atoms with Crippen LogP contribution in [0.15, 0.2) is 24.3 Å². The van der Waals surface area contributed by atoms with E-state index in [2.05, 4.69) is 36.1 Å². The molecule has 0 aliphatic heterocycles. The standard InChI is InChI=1S/C17H24N2O4/c1-5-23-16(22)19-11-10-18-15(21)14(20)12-6-8-13(9-7-12)17(2,3)4/h6-9H,5,10-11H2,1-4H3,(H,18,21)(H,19,22). The predicted molar refractivity (Wildman–Crippen MR) is 87.5 cm³/mol. The number of alkyl carbamates (subject to hydrolysis) is 1. The smallest absolute Gasteiger partial charge is 0.407 e. The van der Waals surface area contributed by atoms with E-state index < -0.39 is 17.8 Å². The highest BCUT2D eigenvalue weighted by molar-refractivity contribution is 6.42. The number of nitrogens with one attached hydrogen (secondary N) is 2. The van der Waals surface area contributed by atoms with Crippen LogP contribution in [-0.4, -0.2) is 37.5 Å². The van der Waals surface area contributed by atoms with Gasteiger partial charge in [0, 0.05) is 18.7 Å². The van der Waals surface area contributed by atoms with Crippen molar-refractivity contribution >= 4 is 17.8 Å². The van der Waals surface area contributed by atoms with Gasteiger partial charge in [0.15, 0.2) is 0 Å². The molecular weight excluding hydrogens is 296 g/mol. The zero-order chi connectivity index (χ0) is 17.5. The second-order valence-corrected chi connectivity index (χ2v) is 6.06. The number of carbonyl (C=O) groups excluding carboxylic acids is 3. The summed E-state index contributed by atoms with van der Waals surface area (Å²) in [6, 6.07) is 7.00. The third kappa shape index (κ3) is 6.10. The Balaban J connectivity index is 2.48. The summed E-state index contributed by atoms with van der Waals surface area (Å²) in [5, 5.41) is 4.92. The zero-order valence-corrected chi connectivity index (χ0v) is 14.1. The quantitative estimate of drug-likeness (QED) is 0.477. The number of amides is 2. The number of ketones is 1. The molecule has 2 N–H and O–H groups in total. The van der Waals surface area contributed by atoms with Crippen molar-refractivity contribution in [1.29, 1.82) is 0 Å². The lowest BCUT2D eigenvalue weighted by molar-refractivity contribution is -0.116. The second kappa shape index (κ2) is 8.31. The van der Waals surface area contributed by atoms with Crippen molar-refractivity contribution in [2.75, 3.05) is 19.7 Å². The Morgan fingerprint density at radius 2 is 1.57 bits per heavy atom. The van der Waals surface area contributed by atoms with Gasteiger partial charge < -0.3 is 15.4 Å². The monoisotopic (exact) mass is 320 g/mol. The first kappa shape index (κ1) is 18.7. The molecule has 0 spiro atoms. The van der Waals surface area contributed by atoms with Crippen LogP contribution in [0, 0.1) is 0 Å². The van der Waals surface area contributed by atoms with E-state index >= 15 is 0 Å². The maximum atomic E-state index is 12.0. The molecular formula is C17H24N2O4. The van der Waals surface area contributed by atoms with E-state index in [1.807, 2.05) is 12.1 Å². The Morgan fingerprint density at radius 1 is 1.00 bits per heavy atom. The summed E-state index contributed by atoms with van der Waals surface area (Å²) in [5.41, 5.74) is 1.42. The maximum absolute atomic E-state index is 12.0. The van der Waals surface area contributed by atoms with Gasteiger partial charge in [-0.3, -0.25) is 9.59 Å². The Labute approximate surface area is 136 Å². The Morgan fingerprint density at radius 3 is 2.09 bits per heavy atom. The van der Waals surface area contributed by atoms with Crippen LogP contribution in [-0.2, 0) is 14.9 Å². The van der Waals surface area contributed by atoms with Crippen molar-refractivity contribution in [1.82, 2.24) is 10.6 Å². The van der Waals surface area contributed by atoms with Crippen LogP contribution in [0.2, 0.25) is 0 Å². The molecule has 0 fully saturated rings. The lowest BCUT2D eigenvalue weighted by atomic mass is 9.86. The molecule has 0 saturated carbocycles. The minimum atomic E-state index is -0.695. The normalized spacial score (nSPS) is 10.8. The number of carbonyl (C=O) groups is 3. The highest BCUT2D eigenvalue weighted by Crippen LogP contribution is 2.22. The summed E-state index contributed by atoms with van der Waals surface area (Å²) in [5.74, 6) is -1.29. The molecule has 6 nitrogen and oxygen atoms in total. The molecule has 23 heavy (non-hydrogen) atoms. The lowest BCUT2D eigenvalue weighted by Gasteiger charge is -2.18. The highest BCUT2D eigenvalue weighted by Gasteiger charge is 2.18. The van der Waals surface area contributed by atoms with Crippen molar-refractivity contribution in [3.05, 3.63) is 35.4 Å². The highest BCUT2D eigenvalue weighted by atomic mass is 16.5. The summed E-state index contributed by atoms with van der Waals surface area (Å²) >= 11 is 0. The fourth-order valence-corrected chi connectivity index (χ4v) is 1.86. The first-order valence-corrected chi connectivity index (χ1v) is 7.59. The largest absolute Gasteiger partial charge is 0.450 e. The van der Waals surface area contributed by atoms with Gasteiger partial charge in [-0.2, -0.15) is 0 Å². The molecule has 0 radical (unpaired) electrons. The average Bonchev–Trinajstić information content (AvgIpc) is 2.50. The van der Waals surface area contributed by atoms with E-state index in [9.17, 15) is 14.4 Å². The molecule has 126 valence electrons. The minimum Gasteiger partial charge on any atom is -0.450 e. The third-order valence-corrected chi connectivity index (χ3v) is 3.17. The molecule has 1 aromatic carbocycles. The van der Waals surface area contributed by atoms with E-state index in [-0.39, 0.29) is 25.1 Å². The van der Waals surface area contributed by atoms with Crippen LogP contribution in [0.3, 0.4) is 0 Å². The SMILES string of the molecule is CCOC(=O)NCCNC(=O)C(=O)c1ccc(C(C)(C)C)cc1. The van der Waals surface area contributed by atoms with Crippen LogP contribution >= 0.6 is 0 Å². The van der Waals surface area contributed by atoms with E-state index in [1.165, 1.54) is 0 Å². The summed E-state index contributed by atoms with van der Waals surface area (Å²) in [7, 11) is 0. The van der Waals surface area contributed by atoms with Gasteiger partial charge in [0.1, 0.15) is 0 Å². The summed E-state index contributed by atoms with van der Waals surface area (Å²) in [6.45, 7) is 8.56. The number of rotatable bonds is 6. The van der Waals surface area contributed by atoms with Gasteiger partial charge in [-0.15, -0.1) is 0 Å². The molecule has 0 aliphatic carbocycles. The number of Topliss-reactive ketones (excluding diaryl/α,β-unsaturated/α-hetero) is 1. The van der Waals surface area contributed by atoms with Crippen LogP contribution in [0.25, 0.3) is 0 Å². The summed E-state index contributed by atoms with van der Waals surface area (Å²) in [4.78, 5) is 34.8. The van der Waals surface area contributed by atoms with Crippen molar-refractivity contribution in [3.63, 3.8) is 0 Å². The van der Waals surface area contributed by atoms with Gasteiger partial charge in [-0.05, 0) is 17.9 Å². The van der Waals surface area contributed by atoms with Gasteiger partial charge in [0.05, 0.1) is 6.61 Å². The molecule has 0 aliphatic rings. The molecule has 1 rings (SSSR count). The minimum absolute atomic E-state index is 0.0113. The molecule has 1 aromatic rings. The van der Waals surface area contributed by atoms with Crippen molar-refractivity contribution < 1.29 is 19.1 Å². The maximum Gasteiger partial charge on any atom is 0.407 e. The number of ether oxygens (including phenoxy) is 1. The number of hydrogen-bond donors (Lipinski definition) is 2. The van der Waals surface area contributed by atoms with Crippen LogP contribution in [0.1, 0.15) is 43.6 Å². The van der Waals surface area contributed by atoms with Crippen molar-refractivity contribution in [2.45, 2.75) is 33.1 Å². The molecule has 0 bridgehead atoms. The second-order valence-electron chi connectivity index (χ2n) is 6.06. The Kier molecular flexibility index (Phi) is 6.75. The number of hydrogen-bond acceptors (Lipinski definition) is 4. The fourth-order valence-electron chi connectivity index (χ4n) is 1.86. The average molecular weight is 320 g/mol. The van der Waals surface area contributed by atoms with Gasteiger partial charge in [0.2, 0.25) is 5.78 Å². The molecule has 0 atom stereocenters. The summed E-state index contributed by atoms with van der Waals surface area (Å²) in [6.07, 6.45) is -0.550. The predicted octanol–water partition coefficient (Wildman–Crippen LogP) is 2.03. The van der Waals surface area contributed by atoms with Gasteiger partial charge >= 0.3 is 6.09 Å². The van der Waals surface area contributed by atoms with E-state index in [4.69, 9.17) is 0 Å². The van der Waals surface area contributed by atoms with Gasteiger partial charge in [0.25, 0.3) is 5.91 Å². The number of benzene rings is 1. The van der Waals surface area contributed by atoms with Crippen molar-refractivity contribution in [3.8, 4) is 0 Å². The fraction of sp³-hybridized carbons (Fsp3) is 0.471. The molecule has 0 aromatic heterocycles. The van der Waals surface area contributed by atoms with E-state index in [1.54, 1.807) is 19.1 Å². The molecule has 0 heterocycles. The molecule has 0 unspecified atom stereocenters. The van der Waals surface area contributed by atoms with Gasteiger partial charge in [-0.25, -0.2) is 4.79 Å². The van der Waals surface area contributed by atoms with Crippen LogP contribution < -0.4 is 10.6 Å². The molecule has 0 saturated heterocycles. The molecule has 6 heteroatoms. The van der Waals surface area contributed by atoms with Crippen LogP contribution in [0.5, 0.6) is 0 Å². The summed E-state index contributed by atoms with van der Waals surface area (Å²) < 4.78 is 4.67. The topological polar surface area (TPSA) is 84.5 Å². The van der Waals surface area contributed by atoms with Crippen LogP contribution in [0.4, 0.5) is 4.79 Å². The Hall–Kier alpha value is -2.37. The first-order chi connectivity index (χ1) is 10.8. The first-order valence-electron chi connectivity index (χ1n) is 7.59. The van der Waals surface area contributed by atoms with E-state index in [0.29, 0.717) is 5.56 Å². The van der Waals surface area contributed by atoms with Gasteiger partial charge in [-0.1, -0.05) is 45.0 Å². The lowest BCUT2D eigenvalue weighted by Crippen LogP contribution is -2.38. The van der Waals surface area contributed by atoms with Crippen molar-refractivity contribution in [2.24, 2.45) is 0 Å². The molecule has 2 amide bonds.